The van der Waals surface area contributed by atoms with Crippen LogP contribution in [0, 0.1) is 0 Å². The van der Waals surface area contributed by atoms with Crippen LogP contribution in [0.15, 0.2) is 38.7 Å². The lowest BCUT2D eigenvalue weighted by Gasteiger charge is -2.10. The number of benzene rings is 1. The zero-order chi connectivity index (χ0) is 18.7. The molecule has 1 aromatic carbocycles. The lowest BCUT2D eigenvalue weighted by atomic mass is 10.1. The predicted octanol–water partition coefficient (Wildman–Crippen LogP) is 2.39. The van der Waals surface area contributed by atoms with Crippen LogP contribution >= 0.6 is 27.5 Å². The Morgan fingerprint density at radius 1 is 1.15 bits per heavy atom. The molecule has 9 heteroatoms. The normalized spacial score (nSPS) is 11.7. The number of hydrogen-bond donors (Lipinski definition) is 0. The van der Waals surface area contributed by atoms with Gasteiger partial charge in [0, 0.05) is 38.2 Å². The second kappa shape index (κ2) is 5.85. The highest BCUT2D eigenvalue weighted by atomic mass is 79.9. The number of imidazole rings is 1. The van der Waals surface area contributed by atoms with Crippen molar-refractivity contribution in [1.82, 2.24) is 23.3 Å². The summed E-state index contributed by atoms with van der Waals surface area (Å²) in [6.07, 6.45) is 1.92. The minimum Gasteiger partial charge on any atom is -0.350 e. The van der Waals surface area contributed by atoms with Crippen LogP contribution in [0.2, 0.25) is 5.02 Å². The fourth-order valence-corrected chi connectivity index (χ4v) is 3.86. The third kappa shape index (κ3) is 2.36. The number of rotatable bonds is 2. The molecular formula is C17H15BrClN5O2. The molecule has 0 saturated carbocycles. The van der Waals surface area contributed by atoms with Crippen molar-refractivity contribution in [2.45, 2.75) is 6.54 Å². The average Bonchev–Trinajstić information content (AvgIpc) is 3.11. The fraction of sp³-hybridized carbons (Fsp3) is 0.235. The lowest BCUT2D eigenvalue weighted by Crippen LogP contribution is -2.39. The van der Waals surface area contributed by atoms with E-state index in [0.29, 0.717) is 20.9 Å². The predicted molar refractivity (Wildman–Crippen MR) is 105 cm³/mol. The van der Waals surface area contributed by atoms with Crippen LogP contribution in [0.1, 0.15) is 5.56 Å². The molecule has 0 aliphatic carbocycles. The summed E-state index contributed by atoms with van der Waals surface area (Å²) in [6, 6.07) is 5.67. The van der Waals surface area contributed by atoms with Crippen molar-refractivity contribution in [2.24, 2.45) is 21.1 Å². The summed E-state index contributed by atoms with van der Waals surface area (Å²) >= 11 is 9.67. The van der Waals surface area contributed by atoms with E-state index in [1.165, 1.54) is 9.13 Å². The number of fused-ring (bicyclic) bond motifs is 2. The molecule has 7 nitrogen and oxygen atoms in total. The third-order valence-electron chi connectivity index (χ3n) is 4.66. The first-order valence-electron chi connectivity index (χ1n) is 7.85. The molecule has 26 heavy (non-hydrogen) atoms. The molecule has 134 valence electrons. The van der Waals surface area contributed by atoms with Gasteiger partial charge in [-0.25, -0.2) is 9.78 Å². The molecule has 0 unspecified atom stereocenters. The SMILES string of the molecule is Cn1ccc2c(Cl)cc(Cn3c(=O)c4c(nc(Br)n4C)n(C)c3=O)cc21. The second-order valence-electron chi connectivity index (χ2n) is 6.28. The summed E-state index contributed by atoms with van der Waals surface area (Å²) in [6.45, 7) is 0.130. The van der Waals surface area contributed by atoms with Gasteiger partial charge < -0.3 is 9.13 Å². The molecule has 0 N–H and O–H groups in total. The summed E-state index contributed by atoms with van der Waals surface area (Å²) < 4.78 is 6.65. The highest BCUT2D eigenvalue weighted by Gasteiger charge is 2.18. The molecule has 0 saturated heterocycles. The maximum absolute atomic E-state index is 12.9. The van der Waals surface area contributed by atoms with Crippen molar-refractivity contribution in [3.05, 3.63) is 60.6 Å². The maximum atomic E-state index is 12.9. The van der Waals surface area contributed by atoms with E-state index in [1.807, 2.05) is 29.9 Å². The molecule has 0 bridgehead atoms. The van der Waals surface area contributed by atoms with E-state index in [-0.39, 0.29) is 12.1 Å². The van der Waals surface area contributed by atoms with Gasteiger partial charge >= 0.3 is 5.69 Å². The molecule has 0 amide bonds. The molecule has 0 spiro atoms. The van der Waals surface area contributed by atoms with Gasteiger partial charge in [-0.2, -0.15) is 0 Å². The van der Waals surface area contributed by atoms with Crippen molar-refractivity contribution in [3.63, 3.8) is 0 Å². The van der Waals surface area contributed by atoms with E-state index in [2.05, 4.69) is 20.9 Å². The molecule has 0 aliphatic rings. The van der Waals surface area contributed by atoms with Crippen molar-refractivity contribution in [1.29, 1.82) is 0 Å². The number of aryl methyl sites for hydroxylation is 3. The molecule has 0 radical (unpaired) electrons. The molecule has 0 aliphatic heterocycles. The van der Waals surface area contributed by atoms with Crippen LogP contribution < -0.4 is 11.2 Å². The Bertz CT molecular complexity index is 1310. The highest BCUT2D eigenvalue weighted by molar-refractivity contribution is 9.10. The standard InChI is InChI=1S/C17H15BrClN5O2/c1-21-5-4-10-11(19)6-9(7-12(10)21)8-24-15(25)13-14(23(3)17(24)26)20-16(18)22(13)2/h4-7H,8H2,1-3H3. The van der Waals surface area contributed by atoms with Gasteiger partial charge in [-0.15, -0.1) is 0 Å². The minimum atomic E-state index is -0.420. The molecule has 4 aromatic rings. The summed E-state index contributed by atoms with van der Waals surface area (Å²) in [5, 5.41) is 1.52. The number of halogens is 2. The molecule has 0 atom stereocenters. The quantitative estimate of drug-likeness (QED) is 0.453. The summed E-state index contributed by atoms with van der Waals surface area (Å²) in [4.78, 5) is 29.9. The van der Waals surface area contributed by atoms with E-state index >= 15 is 0 Å². The monoisotopic (exact) mass is 435 g/mol. The summed E-state index contributed by atoms with van der Waals surface area (Å²) in [7, 11) is 5.25. The van der Waals surface area contributed by atoms with Crippen molar-refractivity contribution in [3.8, 4) is 0 Å². The van der Waals surface area contributed by atoms with Crippen LogP contribution in [0.3, 0.4) is 0 Å². The fourth-order valence-electron chi connectivity index (χ4n) is 3.21. The van der Waals surface area contributed by atoms with Gasteiger partial charge in [-0.05, 0) is 39.7 Å². The first-order valence-corrected chi connectivity index (χ1v) is 9.02. The van der Waals surface area contributed by atoms with Crippen molar-refractivity contribution in [2.75, 3.05) is 0 Å². The Balaban J connectivity index is 1.96. The largest absolute Gasteiger partial charge is 0.350 e. The Morgan fingerprint density at radius 2 is 1.88 bits per heavy atom. The minimum absolute atomic E-state index is 0.130. The van der Waals surface area contributed by atoms with Gasteiger partial charge in [0.25, 0.3) is 5.56 Å². The highest BCUT2D eigenvalue weighted by Crippen LogP contribution is 2.26. The molecule has 0 fully saturated rings. The van der Waals surface area contributed by atoms with Gasteiger partial charge in [-0.3, -0.25) is 13.9 Å². The van der Waals surface area contributed by atoms with E-state index in [0.717, 1.165) is 16.5 Å². The number of hydrogen-bond acceptors (Lipinski definition) is 3. The zero-order valence-electron chi connectivity index (χ0n) is 14.3. The Hall–Kier alpha value is -2.32. The van der Waals surface area contributed by atoms with Crippen LogP contribution in [0.5, 0.6) is 0 Å². The maximum Gasteiger partial charge on any atom is 0.332 e. The molecule has 3 heterocycles. The van der Waals surface area contributed by atoms with Crippen molar-refractivity contribution < 1.29 is 0 Å². The van der Waals surface area contributed by atoms with E-state index < -0.39 is 5.69 Å². The van der Waals surface area contributed by atoms with E-state index in [9.17, 15) is 9.59 Å². The first kappa shape index (κ1) is 17.1. The van der Waals surface area contributed by atoms with Gasteiger partial charge in [0.2, 0.25) is 0 Å². The Kier molecular flexibility index (Phi) is 3.85. The van der Waals surface area contributed by atoms with Gasteiger partial charge in [0.05, 0.1) is 11.6 Å². The second-order valence-corrected chi connectivity index (χ2v) is 7.40. The van der Waals surface area contributed by atoms with Gasteiger partial charge in [0.1, 0.15) is 0 Å². The van der Waals surface area contributed by atoms with Gasteiger partial charge in [0.15, 0.2) is 15.9 Å². The smallest absolute Gasteiger partial charge is 0.332 e. The Morgan fingerprint density at radius 3 is 2.62 bits per heavy atom. The van der Waals surface area contributed by atoms with Crippen LogP contribution in [-0.2, 0) is 27.7 Å². The van der Waals surface area contributed by atoms with Crippen LogP contribution in [0.25, 0.3) is 22.1 Å². The first-order chi connectivity index (χ1) is 12.3. The zero-order valence-corrected chi connectivity index (χ0v) is 16.7. The van der Waals surface area contributed by atoms with Crippen LogP contribution in [0.4, 0.5) is 0 Å². The van der Waals surface area contributed by atoms with E-state index in [4.69, 9.17) is 11.6 Å². The van der Waals surface area contributed by atoms with Gasteiger partial charge in [-0.1, -0.05) is 11.6 Å². The topological polar surface area (TPSA) is 66.8 Å². The molecular weight excluding hydrogens is 422 g/mol. The van der Waals surface area contributed by atoms with Crippen molar-refractivity contribution >= 4 is 49.6 Å². The average molecular weight is 437 g/mol. The number of aromatic nitrogens is 5. The lowest BCUT2D eigenvalue weighted by molar-refractivity contribution is 0.655. The molecule has 4 rings (SSSR count). The van der Waals surface area contributed by atoms with E-state index in [1.54, 1.807) is 24.7 Å². The summed E-state index contributed by atoms with van der Waals surface area (Å²) in [5.41, 5.74) is 1.64. The number of nitrogens with zero attached hydrogens (tertiary/aromatic N) is 5. The van der Waals surface area contributed by atoms with Crippen LogP contribution in [-0.4, -0.2) is 23.3 Å². The third-order valence-corrected chi connectivity index (χ3v) is 5.68. The molecule has 3 aromatic heterocycles. The Labute approximate surface area is 161 Å². The summed E-state index contributed by atoms with van der Waals surface area (Å²) in [5.74, 6) is 0.